The minimum absolute atomic E-state index is 0.0796. The highest BCUT2D eigenvalue weighted by Crippen LogP contribution is 2.37. The van der Waals surface area contributed by atoms with Crippen LogP contribution in [-0.4, -0.2) is 40.6 Å². The molecule has 0 saturated carbocycles. The van der Waals surface area contributed by atoms with Crippen LogP contribution in [0.2, 0.25) is 5.02 Å². The number of primary amides is 1. The van der Waals surface area contributed by atoms with Gasteiger partial charge in [-0.25, -0.2) is 0 Å². The van der Waals surface area contributed by atoms with E-state index in [0.29, 0.717) is 49.1 Å². The summed E-state index contributed by atoms with van der Waals surface area (Å²) in [5, 5.41) is 10.9. The lowest BCUT2D eigenvalue weighted by molar-refractivity contribution is -0.118. The van der Waals surface area contributed by atoms with E-state index in [9.17, 15) is 9.90 Å². The summed E-state index contributed by atoms with van der Waals surface area (Å²) in [5.41, 5.74) is 7.57. The first-order valence-electron chi connectivity index (χ1n) is 7.64. The Kier molecular flexibility index (Phi) is 4.87. The van der Waals surface area contributed by atoms with E-state index in [0.717, 1.165) is 11.1 Å². The summed E-state index contributed by atoms with van der Waals surface area (Å²) < 4.78 is 5.68. The van der Waals surface area contributed by atoms with Gasteiger partial charge in [-0.05, 0) is 24.3 Å². The number of nitrogens with two attached hydrogens (primary N) is 1. The number of halogens is 1. The summed E-state index contributed by atoms with van der Waals surface area (Å²) in [4.78, 5) is 17.4. The average Bonchev–Trinajstić information content (AvgIpc) is 2.76. The van der Waals surface area contributed by atoms with E-state index in [1.165, 1.54) is 0 Å². The van der Waals surface area contributed by atoms with Gasteiger partial charge in [-0.2, -0.15) is 0 Å². The number of rotatable bonds is 4. The summed E-state index contributed by atoms with van der Waals surface area (Å²) in [7, 11) is 0. The zero-order chi connectivity index (χ0) is 17.1. The van der Waals surface area contributed by atoms with Crippen LogP contribution >= 0.6 is 11.6 Å². The SMILES string of the molecule is NC(=O)CCN1CCOc2c(O)cc(-c3ccc(Cl)cn3)cc2C1. The van der Waals surface area contributed by atoms with Gasteiger partial charge in [-0.1, -0.05) is 11.6 Å². The predicted octanol–water partition coefficient (Wildman–Crippen LogP) is 2.18. The number of carbonyl (C=O) groups excluding carboxylic acids is 1. The highest BCUT2D eigenvalue weighted by Gasteiger charge is 2.20. The van der Waals surface area contributed by atoms with E-state index in [-0.39, 0.29) is 11.7 Å². The monoisotopic (exact) mass is 347 g/mol. The van der Waals surface area contributed by atoms with Crippen molar-refractivity contribution in [3.63, 3.8) is 0 Å². The van der Waals surface area contributed by atoms with Crippen LogP contribution in [0.1, 0.15) is 12.0 Å². The zero-order valence-electron chi connectivity index (χ0n) is 13.0. The van der Waals surface area contributed by atoms with Gasteiger partial charge < -0.3 is 15.6 Å². The zero-order valence-corrected chi connectivity index (χ0v) is 13.8. The van der Waals surface area contributed by atoms with Crippen molar-refractivity contribution in [1.29, 1.82) is 0 Å². The molecule has 0 aliphatic carbocycles. The molecule has 126 valence electrons. The van der Waals surface area contributed by atoms with Gasteiger partial charge in [0.1, 0.15) is 6.61 Å². The lowest BCUT2D eigenvalue weighted by atomic mass is 10.0. The maximum absolute atomic E-state index is 11.0. The normalized spacial score (nSPS) is 14.5. The minimum Gasteiger partial charge on any atom is -0.504 e. The third kappa shape index (κ3) is 3.77. The molecule has 1 aliphatic heterocycles. The van der Waals surface area contributed by atoms with Crippen LogP contribution < -0.4 is 10.5 Å². The first-order chi connectivity index (χ1) is 11.5. The fourth-order valence-electron chi connectivity index (χ4n) is 2.71. The fraction of sp³-hybridized carbons (Fsp3) is 0.294. The van der Waals surface area contributed by atoms with Crippen molar-refractivity contribution >= 4 is 17.5 Å². The third-order valence-electron chi connectivity index (χ3n) is 3.89. The molecule has 7 heteroatoms. The highest BCUT2D eigenvalue weighted by molar-refractivity contribution is 6.30. The lowest BCUT2D eigenvalue weighted by Gasteiger charge is -2.18. The van der Waals surface area contributed by atoms with E-state index in [4.69, 9.17) is 22.1 Å². The Hall–Kier alpha value is -2.31. The molecule has 0 spiro atoms. The van der Waals surface area contributed by atoms with Gasteiger partial charge in [0.25, 0.3) is 0 Å². The standard InChI is InChI=1S/C17H18ClN3O3/c18-13-1-2-14(20-9-13)11-7-12-10-21(4-3-16(19)23)5-6-24-17(12)15(22)8-11/h1-2,7-9,22H,3-6,10H2,(H2,19,23). The van der Waals surface area contributed by atoms with Crippen LogP contribution in [0, 0.1) is 0 Å². The number of nitrogens with zero attached hydrogens (tertiary/aromatic N) is 2. The molecule has 1 aromatic carbocycles. The molecular formula is C17H18ClN3O3. The Morgan fingerprint density at radius 3 is 2.96 bits per heavy atom. The number of benzene rings is 1. The van der Waals surface area contributed by atoms with Crippen molar-refractivity contribution in [3.05, 3.63) is 41.0 Å². The molecule has 1 aromatic heterocycles. The van der Waals surface area contributed by atoms with Crippen molar-refractivity contribution in [2.24, 2.45) is 5.73 Å². The molecule has 1 amide bonds. The predicted molar refractivity (Wildman–Crippen MR) is 90.9 cm³/mol. The molecule has 6 nitrogen and oxygen atoms in total. The van der Waals surface area contributed by atoms with Crippen LogP contribution in [0.25, 0.3) is 11.3 Å². The second kappa shape index (κ2) is 7.07. The first kappa shape index (κ1) is 16.5. The average molecular weight is 348 g/mol. The molecule has 2 aromatic rings. The quantitative estimate of drug-likeness (QED) is 0.885. The summed E-state index contributed by atoms with van der Waals surface area (Å²) in [6, 6.07) is 7.12. The Morgan fingerprint density at radius 1 is 1.42 bits per heavy atom. The molecule has 2 heterocycles. The van der Waals surface area contributed by atoms with Crippen LogP contribution in [0.15, 0.2) is 30.5 Å². The Bertz CT molecular complexity index is 749. The van der Waals surface area contributed by atoms with E-state index in [2.05, 4.69) is 9.88 Å². The van der Waals surface area contributed by atoms with Gasteiger partial charge >= 0.3 is 0 Å². The van der Waals surface area contributed by atoms with E-state index < -0.39 is 0 Å². The number of fused-ring (bicyclic) bond motifs is 1. The summed E-state index contributed by atoms with van der Waals surface area (Å²) >= 11 is 5.87. The number of hydrogen-bond donors (Lipinski definition) is 2. The number of aromatic hydroxyl groups is 1. The molecule has 3 rings (SSSR count). The van der Waals surface area contributed by atoms with Gasteiger partial charge in [0.05, 0.1) is 10.7 Å². The number of carbonyl (C=O) groups is 1. The van der Waals surface area contributed by atoms with Crippen molar-refractivity contribution in [3.8, 4) is 22.8 Å². The summed E-state index contributed by atoms with van der Waals surface area (Å²) in [5.74, 6) is 0.229. The Morgan fingerprint density at radius 2 is 2.25 bits per heavy atom. The summed E-state index contributed by atoms with van der Waals surface area (Å²) in [6.45, 7) is 2.23. The van der Waals surface area contributed by atoms with Gasteiger partial charge in [0.15, 0.2) is 11.5 Å². The summed E-state index contributed by atoms with van der Waals surface area (Å²) in [6.07, 6.45) is 1.86. The first-order valence-corrected chi connectivity index (χ1v) is 8.02. The molecule has 0 unspecified atom stereocenters. The second-order valence-electron chi connectivity index (χ2n) is 5.69. The van der Waals surface area contributed by atoms with Crippen LogP contribution in [0.3, 0.4) is 0 Å². The minimum atomic E-state index is -0.331. The Balaban J connectivity index is 1.90. The smallest absolute Gasteiger partial charge is 0.218 e. The molecule has 3 N–H and O–H groups in total. The van der Waals surface area contributed by atoms with Crippen molar-refractivity contribution in [2.45, 2.75) is 13.0 Å². The van der Waals surface area contributed by atoms with Crippen molar-refractivity contribution in [2.75, 3.05) is 19.7 Å². The lowest BCUT2D eigenvalue weighted by Crippen LogP contribution is -2.29. The molecular weight excluding hydrogens is 330 g/mol. The molecule has 0 radical (unpaired) electrons. The van der Waals surface area contributed by atoms with Gasteiger partial charge in [-0.3, -0.25) is 14.7 Å². The van der Waals surface area contributed by atoms with Gasteiger partial charge in [0.2, 0.25) is 5.91 Å². The van der Waals surface area contributed by atoms with E-state index in [1.807, 2.05) is 6.07 Å². The number of phenolic OH excluding ortho intramolecular Hbond substituents is 1. The number of aromatic nitrogens is 1. The highest BCUT2D eigenvalue weighted by atomic mass is 35.5. The molecule has 24 heavy (non-hydrogen) atoms. The molecule has 0 bridgehead atoms. The van der Waals surface area contributed by atoms with Crippen LogP contribution in [0.4, 0.5) is 0 Å². The van der Waals surface area contributed by atoms with Crippen molar-refractivity contribution < 1.29 is 14.6 Å². The third-order valence-corrected chi connectivity index (χ3v) is 4.12. The number of hydrogen-bond acceptors (Lipinski definition) is 5. The molecule has 1 aliphatic rings. The van der Waals surface area contributed by atoms with Crippen molar-refractivity contribution in [1.82, 2.24) is 9.88 Å². The van der Waals surface area contributed by atoms with Gasteiger partial charge in [-0.15, -0.1) is 0 Å². The molecule has 0 atom stereocenters. The van der Waals surface area contributed by atoms with E-state index >= 15 is 0 Å². The number of pyridine rings is 1. The topological polar surface area (TPSA) is 88.7 Å². The molecule has 0 saturated heterocycles. The molecule has 0 fully saturated rings. The van der Waals surface area contributed by atoms with Crippen LogP contribution in [0.5, 0.6) is 11.5 Å². The van der Waals surface area contributed by atoms with E-state index in [1.54, 1.807) is 24.4 Å². The number of amides is 1. The second-order valence-corrected chi connectivity index (χ2v) is 6.12. The fourth-order valence-corrected chi connectivity index (χ4v) is 2.82. The number of ether oxygens (including phenoxy) is 1. The maximum Gasteiger partial charge on any atom is 0.218 e. The maximum atomic E-state index is 11.0. The largest absolute Gasteiger partial charge is 0.504 e. The van der Waals surface area contributed by atoms with Crippen LogP contribution in [-0.2, 0) is 11.3 Å². The van der Waals surface area contributed by atoms with Gasteiger partial charge in [0, 0.05) is 43.4 Å². The number of phenols is 1. The Labute approximate surface area is 144 Å².